The number of aliphatic hydroxyl groups is 1. The molecule has 0 radical (unpaired) electrons. The summed E-state index contributed by atoms with van der Waals surface area (Å²) in [7, 11) is 2.12. The average Bonchev–Trinajstić information content (AvgIpc) is 2.97. The molecule has 3 fully saturated rings. The average molecular weight is 377 g/mol. The standard InChI is InChI=1S/C18H19NO4S2/c1-19-12-7-11(8-13(19)16-15(12)23-16)22-17(20)18(21,10-4-6-24-9-10)14-3-2-5-25-14/h2-6,9,11-13,15-16,21H,7-8H2,1H3. The molecule has 3 aliphatic heterocycles. The molecular weight excluding hydrogens is 358 g/mol. The van der Waals surface area contributed by atoms with E-state index in [0.29, 0.717) is 34.7 Å². The molecular formula is C18H19NO4S2. The summed E-state index contributed by atoms with van der Waals surface area (Å²) in [6.45, 7) is 0. The Labute approximate surface area is 153 Å². The molecule has 2 bridgehead atoms. The van der Waals surface area contributed by atoms with Crippen LogP contribution in [0.1, 0.15) is 23.3 Å². The number of likely N-dealkylation sites (N-methyl/N-ethyl adjacent to an activating group) is 1. The molecule has 1 N–H and O–H groups in total. The number of carbonyl (C=O) groups is 1. The van der Waals surface area contributed by atoms with Gasteiger partial charge in [0.2, 0.25) is 5.60 Å². The number of thiophene rings is 2. The van der Waals surface area contributed by atoms with Crippen LogP contribution < -0.4 is 0 Å². The molecule has 25 heavy (non-hydrogen) atoms. The van der Waals surface area contributed by atoms with E-state index in [1.165, 1.54) is 22.7 Å². The fourth-order valence-corrected chi connectivity index (χ4v) is 5.88. The zero-order valence-electron chi connectivity index (χ0n) is 13.7. The summed E-state index contributed by atoms with van der Waals surface area (Å²) in [4.78, 5) is 16.0. The Kier molecular flexibility index (Phi) is 3.59. The van der Waals surface area contributed by atoms with Crippen LogP contribution in [0.15, 0.2) is 34.3 Å². The van der Waals surface area contributed by atoms with E-state index >= 15 is 0 Å². The monoisotopic (exact) mass is 377 g/mol. The second-order valence-electron chi connectivity index (χ2n) is 7.06. The zero-order chi connectivity index (χ0) is 17.2. The first-order valence-electron chi connectivity index (χ1n) is 8.46. The predicted molar refractivity (Wildman–Crippen MR) is 94.8 cm³/mol. The van der Waals surface area contributed by atoms with Gasteiger partial charge in [-0.3, -0.25) is 4.90 Å². The Morgan fingerprint density at radius 3 is 2.68 bits per heavy atom. The summed E-state index contributed by atoms with van der Waals surface area (Å²) in [5, 5.41) is 16.8. The number of hydrogen-bond acceptors (Lipinski definition) is 7. The van der Waals surface area contributed by atoms with Crippen molar-refractivity contribution in [1.29, 1.82) is 0 Å². The van der Waals surface area contributed by atoms with Gasteiger partial charge < -0.3 is 14.6 Å². The number of carbonyl (C=O) groups excluding carboxylic acids is 1. The van der Waals surface area contributed by atoms with E-state index in [0.717, 1.165) is 12.8 Å². The van der Waals surface area contributed by atoms with Crippen LogP contribution in [0, 0.1) is 0 Å². The third kappa shape index (κ3) is 2.34. The van der Waals surface area contributed by atoms with Gasteiger partial charge in [-0.1, -0.05) is 6.07 Å². The Bertz CT molecular complexity index is 723. The number of epoxide rings is 1. The van der Waals surface area contributed by atoms with Crippen molar-refractivity contribution in [3.8, 4) is 0 Å². The highest BCUT2D eigenvalue weighted by molar-refractivity contribution is 7.10. The van der Waals surface area contributed by atoms with Crippen molar-refractivity contribution < 1.29 is 19.4 Å². The van der Waals surface area contributed by atoms with E-state index in [2.05, 4.69) is 11.9 Å². The van der Waals surface area contributed by atoms with E-state index in [4.69, 9.17) is 9.47 Å². The molecule has 0 saturated carbocycles. The van der Waals surface area contributed by atoms with E-state index in [-0.39, 0.29) is 6.10 Å². The van der Waals surface area contributed by atoms with Crippen LogP contribution in [-0.4, -0.2) is 53.4 Å². The Morgan fingerprint density at radius 2 is 2.08 bits per heavy atom. The lowest BCUT2D eigenvalue weighted by Gasteiger charge is -2.38. The third-order valence-corrected chi connectivity index (χ3v) is 7.42. The van der Waals surface area contributed by atoms with Crippen molar-refractivity contribution in [3.05, 3.63) is 44.8 Å². The van der Waals surface area contributed by atoms with Crippen molar-refractivity contribution in [3.63, 3.8) is 0 Å². The fourth-order valence-electron chi connectivity index (χ4n) is 4.35. The smallest absolute Gasteiger partial charge is 0.348 e. The lowest BCUT2D eigenvalue weighted by atomic mass is 9.94. The van der Waals surface area contributed by atoms with E-state index in [9.17, 15) is 9.90 Å². The number of nitrogens with zero attached hydrogens (tertiary/aromatic N) is 1. The van der Waals surface area contributed by atoms with Gasteiger partial charge in [0.25, 0.3) is 0 Å². The SMILES string of the molecule is CN1C2CC(OC(=O)C(O)(c3ccsc3)c3cccs3)CC1C1OC12. The van der Waals surface area contributed by atoms with E-state index in [1.807, 2.05) is 22.2 Å². The van der Waals surface area contributed by atoms with E-state index < -0.39 is 11.6 Å². The minimum absolute atomic E-state index is 0.166. The number of ether oxygens (including phenoxy) is 2. The van der Waals surface area contributed by atoms with Crippen LogP contribution >= 0.6 is 22.7 Å². The molecule has 0 aromatic carbocycles. The minimum atomic E-state index is -1.73. The second kappa shape index (κ2) is 5.62. The fraction of sp³-hybridized carbons (Fsp3) is 0.500. The van der Waals surface area contributed by atoms with Crippen LogP contribution in [0.5, 0.6) is 0 Å². The van der Waals surface area contributed by atoms with Crippen LogP contribution in [0.2, 0.25) is 0 Å². The highest BCUT2D eigenvalue weighted by Gasteiger charge is 2.63. The molecule has 2 aromatic heterocycles. The molecule has 0 aliphatic carbocycles. The summed E-state index contributed by atoms with van der Waals surface area (Å²) in [6.07, 6.45) is 1.97. The number of esters is 1. The van der Waals surface area contributed by atoms with Crippen molar-refractivity contribution in [1.82, 2.24) is 4.90 Å². The molecule has 132 valence electrons. The molecule has 2 aromatic rings. The molecule has 5 nitrogen and oxygen atoms in total. The molecule has 0 amide bonds. The van der Waals surface area contributed by atoms with Gasteiger partial charge in [0.15, 0.2) is 0 Å². The van der Waals surface area contributed by atoms with Crippen LogP contribution in [0.3, 0.4) is 0 Å². The maximum atomic E-state index is 13.0. The summed E-state index contributed by atoms with van der Waals surface area (Å²) in [5.74, 6) is -0.572. The number of rotatable bonds is 4. The van der Waals surface area contributed by atoms with Gasteiger partial charge in [-0.05, 0) is 35.3 Å². The molecule has 3 aliphatic rings. The zero-order valence-corrected chi connectivity index (χ0v) is 15.3. The first-order valence-corrected chi connectivity index (χ1v) is 10.3. The van der Waals surface area contributed by atoms with Crippen molar-refractivity contribution >= 4 is 28.6 Å². The normalized spacial score (nSPS) is 35.8. The maximum Gasteiger partial charge on any atom is 0.348 e. The molecule has 5 rings (SSSR count). The Hall–Kier alpha value is -1.25. The topological polar surface area (TPSA) is 62.3 Å². The van der Waals surface area contributed by atoms with E-state index in [1.54, 1.807) is 12.1 Å². The molecule has 3 saturated heterocycles. The van der Waals surface area contributed by atoms with Crippen molar-refractivity contribution in [2.75, 3.05) is 7.05 Å². The quantitative estimate of drug-likeness (QED) is 0.654. The molecule has 5 heterocycles. The van der Waals surface area contributed by atoms with Crippen molar-refractivity contribution in [2.45, 2.75) is 48.8 Å². The second-order valence-corrected chi connectivity index (χ2v) is 8.79. The van der Waals surface area contributed by atoms with Gasteiger partial charge in [-0.25, -0.2) is 4.79 Å². The Morgan fingerprint density at radius 1 is 1.32 bits per heavy atom. The first kappa shape index (κ1) is 16.0. The van der Waals surface area contributed by atoms with Crippen LogP contribution in [0.4, 0.5) is 0 Å². The number of morpholine rings is 1. The number of hydrogen-bond donors (Lipinski definition) is 1. The summed E-state index contributed by atoms with van der Waals surface area (Å²) >= 11 is 2.82. The van der Waals surface area contributed by atoms with Gasteiger partial charge >= 0.3 is 5.97 Å². The maximum absolute atomic E-state index is 13.0. The predicted octanol–water partition coefficient (Wildman–Crippen LogP) is 2.20. The lowest BCUT2D eigenvalue weighted by molar-refractivity contribution is -0.172. The third-order valence-electron chi connectivity index (χ3n) is 5.76. The highest BCUT2D eigenvalue weighted by atomic mass is 32.1. The largest absolute Gasteiger partial charge is 0.460 e. The van der Waals surface area contributed by atoms with Gasteiger partial charge in [0, 0.05) is 30.5 Å². The number of piperidine rings is 1. The van der Waals surface area contributed by atoms with Gasteiger partial charge in [0.05, 0.1) is 4.88 Å². The van der Waals surface area contributed by atoms with Gasteiger partial charge in [-0.15, -0.1) is 11.3 Å². The van der Waals surface area contributed by atoms with Gasteiger partial charge in [-0.2, -0.15) is 11.3 Å². The molecule has 0 spiro atoms. The highest BCUT2D eigenvalue weighted by Crippen LogP contribution is 2.48. The lowest BCUT2D eigenvalue weighted by Crippen LogP contribution is -2.49. The van der Waals surface area contributed by atoms with Crippen LogP contribution in [-0.2, 0) is 19.9 Å². The number of fused-ring (bicyclic) bond motifs is 5. The van der Waals surface area contributed by atoms with Crippen molar-refractivity contribution in [2.24, 2.45) is 0 Å². The van der Waals surface area contributed by atoms with Crippen LogP contribution in [0.25, 0.3) is 0 Å². The van der Waals surface area contributed by atoms with Gasteiger partial charge in [0.1, 0.15) is 18.3 Å². The first-order chi connectivity index (χ1) is 12.1. The summed E-state index contributed by atoms with van der Waals surface area (Å²) in [5.41, 5.74) is -1.15. The molecule has 5 atom stereocenters. The molecule has 5 unspecified atom stereocenters. The molecule has 7 heteroatoms. The Balaban J connectivity index is 1.39. The minimum Gasteiger partial charge on any atom is -0.460 e. The summed E-state index contributed by atoms with van der Waals surface area (Å²) < 4.78 is 11.5. The summed E-state index contributed by atoms with van der Waals surface area (Å²) in [6, 6.07) is 6.04.